The lowest BCUT2D eigenvalue weighted by Gasteiger charge is -2.32. The number of H-pyrrole nitrogens is 1. The summed E-state index contributed by atoms with van der Waals surface area (Å²) in [4.78, 5) is 27.3. The largest absolute Gasteiger partial charge is 0.462 e. The average Bonchev–Trinajstić information content (AvgIpc) is 3.59. The van der Waals surface area contributed by atoms with Gasteiger partial charge in [-0.15, -0.1) is 0 Å². The topological polar surface area (TPSA) is 153 Å². The normalized spacial score (nSPS) is 18.1. The Kier molecular flexibility index (Phi) is 6.78. The van der Waals surface area contributed by atoms with Crippen LogP contribution in [0.3, 0.4) is 0 Å². The number of aromatic nitrogens is 5. The third-order valence-electron chi connectivity index (χ3n) is 6.95. The molecule has 1 saturated heterocycles. The summed E-state index contributed by atoms with van der Waals surface area (Å²) in [6.07, 6.45) is -0.396. The number of amides is 1. The van der Waals surface area contributed by atoms with E-state index in [1.54, 1.807) is 11.5 Å². The number of rotatable bonds is 8. The van der Waals surface area contributed by atoms with E-state index in [2.05, 4.69) is 31.2 Å². The predicted octanol–water partition coefficient (Wildman–Crippen LogP) is 2.47. The molecule has 1 saturated carbocycles. The number of hydrogen-bond donors (Lipinski definition) is 3. The highest BCUT2D eigenvalue weighted by atomic mass is 19.4. The number of pyridine rings is 1. The maximum Gasteiger partial charge on any atom is 0.410 e. The van der Waals surface area contributed by atoms with Crippen LogP contribution in [-0.4, -0.2) is 74.7 Å². The monoisotopic (exact) mass is 530 g/mol. The summed E-state index contributed by atoms with van der Waals surface area (Å²) in [5, 5.41) is 28.5. The minimum atomic E-state index is -4.83. The Bertz CT molecular complexity index is 1360. The molecule has 0 radical (unpaired) electrons. The van der Waals surface area contributed by atoms with Gasteiger partial charge in [-0.25, -0.2) is 4.98 Å². The van der Waals surface area contributed by atoms with Gasteiger partial charge in [-0.05, 0) is 37.8 Å². The number of ether oxygens (including phenoxy) is 1. The molecule has 1 atom stereocenters. The molecule has 2 aliphatic rings. The number of nitrogens with zero attached hydrogens (tertiary/aromatic N) is 6. The highest BCUT2D eigenvalue weighted by Gasteiger charge is 2.44. The number of aliphatic hydroxyl groups is 1. The number of aromatic amines is 1. The lowest BCUT2D eigenvalue weighted by Crippen LogP contribution is -2.48. The molecule has 14 heteroatoms. The van der Waals surface area contributed by atoms with E-state index in [0.717, 1.165) is 23.9 Å². The first-order valence-corrected chi connectivity index (χ1v) is 12.2. The zero-order valence-corrected chi connectivity index (χ0v) is 20.2. The van der Waals surface area contributed by atoms with E-state index in [0.29, 0.717) is 37.4 Å². The van der Waals surface area contributed by atoms with E-state index in [-0.39, 0.29) is 24.2 Å². The number of halogens is 3. The molecular weight excluding hydrogens is 505 g/mol. The first-order valence-electron chi connectivity index (χ1n) is 12.2. The van der Waals surface area contributed by atoms with Crippen molar-refractivity contribution in [3.63, 3.8) is 0 Å². The number of nitrogens with one attached hydrogen (secondary N) is 2. The van der Waals surface area contributed by atoms with Crippen LogP contribution in [0.2, 0.25) is 0 Å². The maximum absolute atomic E-state index is 13.1. The summed E-state index contributed by atoms with van der Waals surface area (Å²) < 4.78 is 45.0. The summed E-state index contributed by atoms with van der Waals surface area (Å²) in [7, 11) is 0. The second kappa shape index (κ2) is 10.1. The van der Waals surface area contributed by atoms with Crippen molar-refractivity contribution in [3.05, 3.63) is 35.8 Å². The lowest BCUT2D eigenvalue weighted by molar-refractivity contribution is -0.161. The average molecular weight is 531 g/mol. The van der Waals surface area contributed by atoms with E-state index in [1.807, 2.05) is 17.0 Å². The van der Waals surface area contributed by atoms with Gasteiger partial charge >= 0.3 is 12.2 Å². The van der Waals surface area contributed by atoms with Crippen LogP contribution in [0, 0.1) is 16.7 Å². The summed E-state index contributed by atoms with van der Waals surface area (Å²) in [5.74, 6) is -0.643. The molecule has 38 heavy (non-hydrogen) atoms. The van der Waals surface area contributed by atoms with Crippen LogP contribution in [0.4, 0.5) is 19.0 Å². The lowest BCUT2D eigenvalue weighted by atomic mass is 9.92. The standard InChI is InChI=1S/C24H25F3N8O3/c25-24(26,27)17(11-36)31-21(37)16-10-18(32-22(30-16)38-13-23(12-28)5-6-23)35-8-3-14(4-9-35)19-15-2-1-7-29-20(15)34-33-19/h1-2,7,10,14,17,36H,3-6,8-9,11,13H2,(H,31,37)(H,29,33,34)/t17-/m1/s1. The Labute approximate surface area is 215 Å². The number of fused-ring (bicyclic) bond motifs is 1. The minimum absolute atomic E-state index is 0.0121. The van der Waals surface area contributed by atoms with E-state index in [4.69, 9.17) is 9.84 Å². The van der Waals surface area contributed by atoms with Crippen LogP contribution in [0.25, 0.3) is 11.0 Å². The molecular formula is C24H25F3N8O3. The summed E-state index contributed by atoms with van der Waals surface area (Å²) >= 11 is 0. The number of carbonyl (C=O) groups is 1. The van der Waals surface area contributed by atoms with Gasteiger partial charge < -0.3 is 20.1 Å². The van der Waals surface area contributed by atoms with Gasteiger partial charge in [0.05, 0.1) is 23.8 Å². The number of alkyl halides is 3. The van der Waals surface area contributed by atoms with Gasteiger partial charge in [0.1, 0.15) is 24.2 Å². The third kappa shape index (κ3) is 5.33. The van der Waals surface area contributed by atoms with Gasteiger partial charge in [-0.3, -0.25) is 9.89 Å². The van der Waals surface area contributed by atoms with Crippen molar-refractivity contribution in [3.8, 4) is 12.1 Å². The highest BCUT2D eigenvalue weighted by molar-refractivity contribution is 5.93. The first-order chi connectivity index (χ1) is 18.2. The Morgan fingerprint density at radius 2 is 2.11 bits per heavy atom. The zero-order valence-electron chi connectivity index (χ0n) is 20.2. The van der Waals surface area contributed by atoms with Crippen molar-refractivity contribution in [1.82, 2.24) is 30.5 Å². The fourth-order valence-corrected chi connectivity index (χ4v) is 4.43. The van der Waals surface area contributed by atoms with Crippen LogP contribution in [0.1, 0.15) is 47.8 Å². The molecule has 3 aromatic rings. The van der Waals surface area contributed by atoms with E-state index >= 15 is 0 Å². The van der Waals surface area contributed by atoms with Crippen LogP contribution in [0.5, 0.6) is 6.01 Å². The second-order valence-electron chi connectivity index (χ2n) is 9.59. The Hall–Kier alpha value is -3.99. The van der Waals surface area contributed by atoms with E-state index < -0.39 is 30.1 Å². The Morgan fingerprint density at radius 1 is 1.34 bits per heavy atom. The number of carbonyl (C=O) groups excluding carboxylic acids is 1. The first kappa shape index (κ1) is 25.7. The van der Waals surface area contributed by atoms with Crippen molar-refractivity contribution in [2.24, 2.45) is 5.41 Å². The quantitative estimate of drug-likeness (QED) is 0.399. The van der Waals surface area contributed by atoms with Crippen LogP contribution < -0.4 is 15.0 Å². The number of nitriles is 1. The van der Waals surface area contributed by atoms with Crippen molar-refractivity contribution >= 4 is 22.8 Å². The molecule has 3 N–H and O–H groups in total. The van der Waals surface area contributed by atoms with Crippen LogP contribution >= 0.6 is 0 Å². The van der Waals surface area contributed by atoms with Crippen molar-refractivity contribution in [1.29, 1.82) is 5.26 Å². The molecule has 3 aromatic heterocycles. The maximum atomic E-state index is 13.1. The number of anilines is 1. The Morgan fingerprint density at radius 3 is 2.76 bits per heavy atom. The molecule has 1 aliphatic carbocycles. The molecule has 0 bridgehead atoms. The van der Waals surface area contributed by atoms with Crippen molar-refractivity contribution < 1.29 is 27.8 Å². The molecule has 4 heterocycles. The smallest absolute Gasteiger partial charge is 0.410 e. The molecule has 1 aliphatic heterocycles. The molecule has 11 nitrogen and oxygen atoms in total. The van der Waals surface area contributed by atoms with E-state index in [9.17, 15) is 23.2 Å². The second-order valence-corrected chi connectivity index (χ2v) is 9.59. The minimum Gasteiger partial charge on any atom is -0.462 e. The zero-order chi connectivity index (χ0) is 26.9. The number of hydrogen-bond acceptors (Lipinski definition) is 9. The highest BCUT2D eigenvalue weighted by Crippen LogP contribution is 2.45. The van der Waals surface area contributed by atoms with Crippen LogP contribution in [0.15, 0.2) is 24.4 Å². The van der Waals surface area contributed by atoms with Gasteiger partial charge in [0, 0.05) is 36.7 Å². The van der Waals surface area contributed by atoms with Gasteiger partial charge in [-0.2, -0.15) is 33.5 Å². The fourth-order valence-electron chi connectivity index (χ4n) is 4.43. The van der Waals surface area contributed by atoms with Crippen LogP contribution in [-0.2, 0) is 0 Å². The SMILES string of the molecule is N#CC1(COc2nc(C(=O)N[C@H](CO)C(F)(F)F)cc(N3CCC(c4n[nH]c5ncccc45)CC3)n2)CC1. The Balaban J connectivity index is 1.35. The summed E-state index contributed by atoms with van der Waals surface area (Å²) in [6.45, 7) is -0.216. The molecule has 5 rings (SSSR count). The van der Waals surface area contributed by atoms with Gasteiger partial charge in [0.25, 0.3) is 5.91 Å². The predicted molar refractivity (Wildman–Crippen MR) is 127 cm³/mol. The molecule has 200 valence electrons. The van der Waals surface area contributed by atoms with Crippen molar-refractivity contribution in [2.75, 3.05) is 31.2 Å². The molecule has 1 amide bonds. The summed E-state index contributed by atoms with van der Waals surface area (Å²) in [6, 6.07) is 4.65. The molecule has 0 aromatic carbocycles. The van der Waals surface area contributed by atoms with Gasteiger partial charge in [0.15, 0.2) is 5.65 Å². The number of aliphatic hydroxyl groups excluding tert-OH is 1. The molecule has 2 fully saturated rings. The molecule has 0 unspecified atom stereocenters. The third-order valence-corrected chi connectivity index (χ3v) is 6.95. The number of piperidine rings is 1. The van der Waals surface area contributed by atoms with Crippen molar-refractivity contribution in [2.45, 2.75) is 43.8 Å². The van der Waals surface area contributed by atoms with E-state index in [1.165, 1.54) is 6.07 Å². The molecule has 0 spiro atoms. The van der Waals surface area contributed by atoms with Gasteiger partial charge in [0.2, 0.25) is 0 Å². The summed E-state index contributed by atoms with van der Waals surface area (Å²) in [5.41, 5.74) is 0.664. The fraction of sp³-hybridized carbons (Fsp3) is 0.500. The van der Waals surface area contributed by atoms with Gasteiger partial charge in [-0.1, -0.05) is 0 Å².